The Morgan fingerprint density at radius 2 is 1.76 bits per heavy atom. The van der Waals surface area contributed by atoms with E-state index < -0.39 is 0 Å². The van der Waals surface area contributed by atoms with Crippen LogP contribution in [0.15, 0.2) is 42.6 Å². The van der Waals surface area contributed by atoms with Crippen LogP contribution in [0.2, 0.25) is 0 Å². The van der Waals surface area contributed by atoms with E-state index in [0.717, 1.165) is 22.7 Å². The van der Waals surface area contributed by atoms with E-state index in [-0.39, 0.29) is 11.3 Å². The van der Waals surface area contributed by atoms with Crippen LogP contribution in [-0.2, 0) is 0 Å². The Labute approximate surface area is 123 Å². The van der Waals surface area contributed by atoms with Gasteiger partial charge in [-0.25, -0.2) is 9.50 Å². The molecule has 2 heterocycles. The van der Waals surface area contributed by atoms with Crippen molar-refractivity contribution in [3.8, 4) is 17.0 Å². The Balaban J connectivity index is 2.07. The minimum absolute atomic E-state index is 0.0556. The molecule has 0 amide bonds. The van der Waals surface area contributed by atoms with Crippen LogP contribution in [0.25, 0.3) is 16.9 Å². The number of phenols is 1. The number of benzene rings is 1. The summed E-state index contributed by atoms with van der Waals surface area (Å²) < 4.78 is 1.81. The van der Waals surface area contributed by atoms with Crippen molar-refractivity contribution in [2.45, 2.75) is 26.3 Å². The lowest BCUT2D eigenvalue weighted by Gasteiger charge is -2.21. The van der Waals surface area contributed by atoms with E-state index in [4.69, 9.17) is 0 Å². The average Bonchev–Trinajstić information content (AvgIpc) is 2.81. The maximum absolute atomic E-state index is 9.39. The third-order valence-corrected chi connectivity index (χ3v) is 3.03. The fourth-order valence-corrected chi connectivity index (χ4v) is 2.15. The first-order valence-corrected chi connectivity index (χ1v) is 6.85. The third kappa shape index (κ3) is 2.81. The normalized spacial score (nSPS) is 11.8. The number of aromatic nitrogens is 3. The van der Waals surface area contributed by atoms with Gasteiger partial charge in [0.2, 0.25) is 0 Å². The van der Waals surface area contributed by atoms with E-state index in [0.29, 0.717) is 0 Å². The van der Waals surface area contributed by atoms with Gasteiger partial charge in [-0.05, 0) is 57.2 Å². The van der Waals surface area contributed by atoms with Crippen LogP contribution >= 0.6 is 0 Å². The Hall–Kier alpha value is -2.56. The molecular formula is C16H18N4O. The predicted octanol–water partition coefficient (Wildman–Crippen LogP) is 3.31. The second kappa shape index (κ2) is 4.77. The summed E-state index contributed by atoms with van der Waals surface area (Å²) >= 11 is 0. The maximum atomic E-state index is 9.39. The molecule has 0 fully saturated rings. The molecule has 3 aromatic rings. The summed E-state index contributed by atoms with van der Waals surface area (Å²) in [6.07, 6.45) is 1.79. The monoisotopic (exact) mass is 282 g/mol. The number of fused-ring (bicyclic) bond motifs is 1. The lowest BCUT2D eigenvalue weighted by atomic mass is 10.1. The van der Waals surface area contributed by atoms with Gasteiger partial charge in [0.1, 0.15) is 11.6 Å². The molecule has 108 valence electrons. The van der Waals surface area contributed by atoms with E-state index in [2.05, 4.69) is 36.2 Å². The first-order chi connectivity index (χ1) is 9.92. The van der Waals surface area contributed by atoms with Gasteiger partial charge < -0.3 is 10.4 Å². The summed E-state index contributed by atoms with van der Waals surface area (Å²) in [5.41, 5.74) is 2.58. The van der Waals surface area contributed by atoms with Crippen LogP contribution in [0, 0.1) is 0 Å². The molecule has 5 heteroatoms. The number of anilines is 1. The summed E-state index contributed by atoms with van der Waals surface area (Å²) in [6.45, 7) is 6.27. The highest BCUT2D eigenvalue weighted by atomic mass is 16.3. The SMILES string of the molecule is CC(C)(C)Nc1ccc2ncc(-c3ccc(O)cc3)n2n1. The predicted molar refractivity (Wildman–Crippen MR) is 83.5 cm³/mol. The first kappa shape index (κ1) is 13.4. The molecule has 0 aliphatic rings. The molecule has 0 radical (unpaired) electrons. The van der Waals surface area contributed by atoms with Crippen molar-refractivity contribution in [1.29, 1.82) is 0 Å². The molecule has 0 atom stereocenters. The van der Waals surface area contributed by atoms with E-state index in [9.17, 15) is 5.11 Å². The zero-order chi connectivity index (χ0) is 15.0. The minimum Gasteiger partial charge on any atom is -0.508 e. The molecule has 21 heavy (non-hydrogen) atoms. The highest BCUT2D eigenvalue weighted by molar-refractivity contribution is 5.64. The number of nitrogens with zero attached hydrogens (tertiary/aromatic N) is 3. The molecule has 1 aromatic carbocycles. The smallest absolute Gasteiger partial charge is 0.154 e. The van der Waals surface area contributed by atoms with Crippen LogP contribution in [0.4, 0.5) is 5.82 Å². The van der Waals surface area contributed by atoms with Crippen molar-refractivity contribution in [1.82, 2.24) is 14.6 Å². The summed E-state index contributed by atoms with van der Waals surface area (Å²) in [7, 11) is 0. The summed E-state index contributed by atoms with van der Waals surface area (Å²) in [5.74, 6) is 1.05. The second-order valence-electron chi connectivity index (χ2n) is 6.05. The van der Waals surface area contributed by atoms with Gasteiger partial charge in [0, 0.05) is 11.1 Å². The zero-order valence-corrected chi connectivity index (χ0v) is 12.3. The van der Waals surface area contributed by atoms with Crippen molar-refractivity contribution in [2.75, 3.05) is 5.32 Å². The van der Waals surface area contributed by atoms with Crippen molar-refractivity contribution in [2.24, 2.45) is 0 Å². The molecule has 0 saturated heterocycles. The summed E-state index contributed by atoms with van der Waals surface area (Å²) in [4.78, 5) is 4.37. The largest absolute Gasteiger partial charge is 0.508 e. The number of hydrogen-bond acceptors (Lipinski definition) is 4. The van der Waals surface area contributed by atoms with Crippen LogP contribution in [0.3, 0.4) is 0 Å². The topological polar surface area (TPSA) is 62.5 Å². The lowest BCUT2D eigenvalue weighted by Crippen LogP contribution is -2.27. The van der Waals surface area contributed by atoms with E-state index >= 15 is 0 Å². The molecule has 0 saturated carbocycles. The van der Waals surface area contributed by atoms with Crippen molar-refractivity contribution < 1.29 is 5.11 Å². The molecule has 0 aliphatic carbocycles. The van der Waals surface area contributed by atoms with Crippen molar-refractivity contribution in [3.05, 3.63) is 42.6 Å². The van der Waals surface area contributed by atoms with Gasteiger partial charge in [0.25, 0.3) is 0 Å². The molecule has 3 rings (SSSR count). The quantitative estimate of drug-likeness (QED) is 0.757. The molecular weight excluding hydrogens is 264 g/mol. The highest BCUT2D eigenvalue weighted by Crippen LogP contribution is 2.23. The van der Waals surface area contributed by atoms with Crippen LogP contribution in [0.1, 0.15) is 20.8 Å². The van der Waals surface area contributed by atoms with Gasteiger partial charge in [-0.1, -0.05) is 0 Å². The van der Waals surface area contributed by atoms with Gasteiger partial charge >= 0.3 is 0 Å². The van der Waals surface area contributed by atoms with Crippen LogP contribution < -0.4 is 5.32 Å². The second-order valence-corrected chi connectivity index (χ2v) is 6.05. The van der Waals surface area contributed by atoms with Gasteiger partial charge in [0.05, 0.1) is 11.9 Å². The standard InChI is InChI=1S/C16H18N4O/c1-16(2,3)18-14-8-9-15-17-10-13(20(15)19-14)11-4-6-12(21)7-5-11/h4-10,21H,1-3H3,(H,18,19). The van der Waals surface area contributed by atoms with Crippen LogP contribution in [0.5, 0.6) is 5.75 Å². The highest BCUT2D eigenvalue weighted by Gasteiger charge is 2.12. The first-order valence-electron chi connectivity index (χ1n) is 6.85. The fourth-order valence-electron chi connectivity index (χ4n) is 2.15. The number of hydrogen-bond donors (Lipinski definition) is 2. The molecule has 0 unspecified atom stereocenters. The summed E-state index contributed by atoms with van der Waals surface area (Å²) in [5, 5.41) is 17.3. The van der Waals surface area contributed by atoms with Crippen molar-refractivity contribution >= 4 is 11.5 Å². The summed E-state index contributed by atoms with van der Waals surface area (Å²) in [6, 6.07) is 10.9. The molecule has 2 aromatic heterocycles. The molecule has 0 aliphatic heterocycles. The maximum Gasteiger partial charge on any atom is 0.154 e. The van der Waals surface area contributed by atoms with Gasteiger partial charge in [-0.2, -0.15) is 0 Å². The number of rotatable bonds is 2. The molecule has 0 spiro atoms. The fraction of sp³-hybridized carbons (Fsp3) is 0.250. The van der Waals surface area contributed by atoms with Gasteiger partial charge in [-0.3, -0.25) is 0 Å². The lowest BCUT2D eigenvalue weighted by molar-refractivity contribution is 0.475. The Bertz CT molecular complexity index is 769. The Morgan fingerprint density at radius 3 is 2.43 bits per heavy atom. The Morgan fingerprint density at radius 1 is 1.05 bits per heavy atom. The van der Waals surface area contributed by atoms with E-state index in [1.165, 1.54) is 0 Å². The van der Waals surface area contributed by atoms with E-state index in [1.54, 1.807) is 22.8 Å². The molecule has 0 bridgehead atoms. The Kier molecular flexibility index (Phi) is 3.05. The number of nitrogens with one attached hydrogen (secondary N) is 1. The third-order valence-electron chi connectivity index (χ3n) is 3.03. The van der Waals surface area contributed by atoms with Gasteiger partial charge in [0.15, 0.2) is 5.65 Å². The van der Waals surface area contributed by atoms with Crippen molar-refractivity contribution in [3.63, 3.8) is 0 Å². The zero-order valence-electron chi connectivity index (χ0n) is 12.3. The van der Waals surface area contributed by atoms with Crippen LogP contribution in [-0.4, -0.2) is 25.2 Å². The average molecular weight is 282 g/mol. The minimum atomic E-state index is -0.0556. The van der Waals surface area contributed by atoms with Gasteiger partial charge in [-0.15, -0.1) is 5.10 Å². The number of aromatic hydroxyl groups is 1. The molecule has 2 N–H and O–H groups in total. The number of imidazole rings is 1. The van der Waals surface area contributed by atoms with E-state index in [1.807, 2.05) is 24.3 Å². The molecule has 5 nitrogen and oxygen atoms in total. The number of phenolic OH excluding ortho intramolecular Hbond substituents is 1.